The summed E-state index contributed by atoms with van der Waals surface area (Å²) in [6.45, 7) is 10.7. The molecule has 4 heteroatoms. The van der Waals surface area contributed by atoms with Gasteiger partial charge in [-0.05, 0) is 44.4 Å². The van der Waals surface area contributed by atoms with Crippen molar-refractivity contribution in [2.24, 2.45) is 4.40 Å². The summed E-state index contributed by atoms with van der Waals surface area (Å²) in [6.07, 6.45) is 4.20. The molecule has 0 atom stereocenters. The minimum absolute atomic E-state index is 0.950. The van der Waals surface area contributed by atoms with Crippen LogP contribution in [0.2, 0.25) is 0 Å². The number of aromatic nitrogens is 1. The fourth-order valence-corrected chi connectivity index (χ4v) is 3.29. The summed E-state index contributed by atoms with van der Waals surface area (Å²) in [7, 11) is 0. The zero-order chi connectivity index (χ0) is 17.4. The molecule has 0 fully saturated rings. The van der Waals surface area contributed by atoms with E-state index in [2.05, 4.69) is 71.5 Å². The highest BCUT2D eigenvalue weighted by molar-refractivity contribution is 7.98. The molecule has 24 heavy (non-hydrogen) atoms. The van der Waals surface area contributed by atoms with Crippen molar-refractivity contribution in [3.05, 3.63) is 53.2 Å². The van der Waals surface area contributed by atoms with Crippen LogP contribution in [0.25, 0.3) is 0 Å². The van der Waals surface area contributed by atoms with E-state index in [0.29, 0.717) is 0 Å². The number of rotatable bonds is 8. The molecule has 0 bridgehead atoms. The van der Waals surface area contributed by atoms with Crippen LogP contribution in [0.4, 0.5) is 5.69 Å². The lowest BCUT2D eigenvalue weighted by atomic mass is 10.2. The predicted octanol–water partition coefficient (Wildman–Crippen LogP) is 5.45. The Labute approximate surface area is 150 Å². The summed E-state index contributed by atoms with van der Waals surface area (Å²) in [5.74, 6) is 0. The molecule has 0 radical (unpaired) electrons. The smallest absolute Gasteiger partial charge is 0.121 e. The number of aryl methyl sites for hydroxylation is 2. The fourth-order valence-electron chi connectivity index (χ4n) is 2.65. The maximum absolute atomic E-state index is 4.61. The SMILES string of the molecule is CCCN(CCC)c1cc(C)nc(S/N=C/c2cccc(C)c2)c1. The molecule has 0 aliphatic rings. The van der Waals surface area contributed by atoms with Crippen molar-refractivity contribution in [2.45, 2.75) is 45.6 Å². The molecule has 0 unspecified atom stereocenters. The number of nitrogens with zero attached hydrogens (tertiary/aromatic N) is 3. The van der Waals surface area contributed by atoms with Crippen molar-refractivity contribution in [1.29, 1.82) is 0 Å². The van der Waals surface area contributed by atoms with Gasteiger partial charge in [0.1, 0.15) is 5.03 Å². The first-order valence-corrected chi connectivity index (χ1v) is 9.40. The molecule has 0 N–H and O–H groups in total. The van der Waals surface area contributed by atoms with E-state index in [9.17, 15) is 0 Å². The Kier molecular flexibility index (Phi) is 7.32. The molecule has 2 rings (SSSR count). The number of benzene rings is 1. The van der Waals surface area contributed by atoms with Gasteiger partial charge in [-0.2, -0.15) is 0 Å². The Hall–Kier alpha value is -1.81. The second-order valence-electron chi connectivity index (χ2n) is 6.03. The van der Waals surface area contributed by atoms with Crippen molar-refractivity contribution in [3.8, 4) is 0 Å². The Morgan fingerprint density at radius 2 is 1.83 bits per heavy atom. The molecule has 0 saturated heterocycles. The highest BCUT2D eigenvalue weighted by Crippen LogP contribution is 2.24. The second-order valence-corrected chi connectivity index (χ2v) is 6.84. The molecule has 0 spiro atoms. The Morgan fingerprint density at radius 3 is 2.50 bits per heavy atom. The summed E-state index contributed by atoms with van der Waals surface area (Å²) in [5, 5.41) is 0.950. The van der Waals surface area contributed by atoms with E-state index < -0.39 is 0 Å². The van der Waals surface area contributed by atoms with E-state index in [0.717, 1.165) is 42.2 Å². The van der Waals surface area contributed by atoms with Gasteiger partial charge in [-0.25, -0.2) is 9.38 Å². The van der Waals surface area contributed by atoms with E-state index in [1.165, 1.54) is 23.2 Å². The first kappa shape index (κ1) is 18.5. The van der Waals surface area contributed by atoms with E-state index in [-0.39, 0.29) is 0 Å². The van der Waals surface area contributed by atoms with Crippen molar-refractivity contribution < 1.29 is 0 Å². The van der Waals surface area contributed by atoms with Gasteiger partial charge in [-0.3, -0.25) is 0 Å². The van der Waals surface area contributed by atoms with Gasteiger partial charge in [0.2, 0.25) is 0 Å². The van der Waals surface area contributed by atoms with Gasteiger partial charge < -0.3 is 4.90 Å². The van der Waals surface area contributed by atoms with Gasteiger partial charge in [-0.1, -0.05) is 43.7 Å². The zero-order valence-electron chi connectivity index (χ0n) is 15.1. The molecular formula is C20H27N3S. The summed E-state index contributed by atoms with van der Waals surface area (Å²) >= 11 is 1.43. The highest BCUT2D eigenvalue weighted by Gasteiger charge is 2.08. The Bertz CT molecular complexity index is 676. The molecule has 1 aromatic carbocycles. The molecule has 0 saturated carbocycles. The zero-order valence-corrected chi connectivity index (χ0v) is 15.9. The topological polar surface area (TPSA) is 28.5 Å². The first-order chi connectivity index (χ1) is 11.6. The van der Waals surface area contributed by atoms with Crippen LogP contribution in [0, 0.1) is 13.8 Å². The van der Waals surface area contributed by atoms with Crippen molar-refractivity contribution in [1.82, 2.24) is 4.98 Å². The molecule has 128 valence electrons. The number of hydrogen-bond donors (Lipinski definition) is 0. The largest absolute Gasteiger partial charge is 0.371 e. The Balaban J connectivity index is 2.12. The van der Waals surface area contributed by atoms with Gasteiger partial charge in [0, 0.05) is 42.6 Å². The molecule has 2 aromatic rings. The maximum atomic E-state index is 4.61. The van der Waals surface area contributed by atoms with Gasteiger partial charge in [0.15, 0.2) is 0 Å². The van der Waals surface area contributed by atoms with Crippen LogP contribution in [0.5, 0.6) is 0 Å². The summed E-state index contributed by atoms with van der Waals surface area (Å²) < 4.78 is 4.50. The van der Waals surface area contributed by atoms with Gasteiger partial charge in [0.25, 0.3) is 0 Å². The lowest BCUT2D eigenvalue weighted by Crippen LogP contribution is -2.25. The standard InChI is InChI=1S/C20H27N3S/c1-5-10-23(11-6-2)19-13-17(4)22-20(14-19)24-21-15-18-9-7-8-16(3)12-18/h7-9,12-15H,5-6,10-11H2,1-4H3/b21-15+. The van der Waals surface area contributed by atoms with Crippen LogP contribution >= 0.6 is 11.9 Å². The van der Waals surface area contributed by atoms with Crippen LogP contribution in [0.1, 0.15) is 43.5 Å². The van der Waals surface area contributed by atoms with E-state index in [1.807, 2.05) is 13.1 Å². The third kappa shape index (κ3) is 5.68. The maximum Gasteiger partial charge on any atom is 0.121 e. The van der Waals surface area contributed by atoms with Crippen LogP contribution in [-0.4, -0.2) is 24.3 Å². The molecule has 0 amide bonds. The molecule has 3 nitrogen and oxygen atoms in total. The van der Waals surface area contributed by atoms with Gasteiger partial charge in [-0.15, -0.1) is 0 Å². The van der Waals surface area contributed by atoms with Gasteiger partial charge >= 0.3 is 0 Å². The summed E-state index contributed by atoms with van der Waals surface area (Å²) in [4.78, 5) is 7.04. The third-order valence-electron chi connectivity index (χ3n) is 3.66. The monoisotopic (exact) mass is 341 g/mol. The quantitative estimate of drug-likeness (QED) is 0.472. The van der Waals surface area contributed by atoms with Gasteiger partial charge in [0.05, 0.1) is 0 Å². The van der Waals surface area contributed by atoms with Crippen LogP contribution < -0.4 is 4.90 Å². The molecule has 1 heterocycles. The highest BCUT2D eigenvalue weighted by atomic mass is 32.2. The van der Waals surface area contributed by atoms with E-state index in [1.54, 1.807) is 0 Å². The normalized spacial score (nSPS) is 11.2. The number of pyridine rings is 1. The molecule has 0 aliphatic heterocycles. The average molecular weight is 342 g/mol. The minimum Gasteiger partial charge on any atom is -0.371 e. The molecule has 0 aliphatic carbocycles. The van der Waals surface area contributed by atoms with E-state index >= 15 is 0 Å². The van der Waals surface area contributed by atoms with Crippen LogP contribution in [0.15, 0.2) is 45.8 Å². The Morgan fingerprint density at radius 1 is 1.08 bits per heavy atom. The van der Waals surface area contributed by atoms with Crippen molar-refractivity contribution >= 4 is 23.8 Å². The average Bonchev–Trinajstić information content (AvgIpc) is 2.54. The first-order valence-electron chi connectivity index (χ1n) is 8.63. The lowest BCUT2D eigenvalue weighted by molar-refractivity contribution is 0.742. The fraction of sp³-hybridized carbons (Fsp3) is 0.400. The van der Waals surface area contributed by atoms with E-state index in [4.69, 9.17) is 0 Å². The van der Waals surface area contributed by atoms with Crippen LogP contribution in [-0.2, 0) is 0 Å². The second kappa shape index (κ2) is 9.48. The van der Waals surface area contributed by atoms with Crippen molar-refractivity contribution in [2.75, 3.05) is 18.0 Å². The van der Waals surface area contributed by atoms with Crippen LogP contribution in [0.3, 0.4) is 0 Å². The number of hydrogen-bond acceptors (Lipinski definition) is 4. The minimum atomic E-state index is 0.950. The molecule has 1 aromatic heterocycles. The third-order valence-corrected chi connectivity index (χ3v) is 4.26. The van der Waals surface area contributed by atoms with Crippen molar-refractivity contribution in [3.63, 3.8) is 0 Å². The summed E-state index contributed by atoms with van der Waals surface area (Å²) in [6, 6.07) is 12.7. The molecular weight excluding hydrogens is 314 g/mol. The predicted molar refractivity (Wildman–Crippen MR) is 106 cm³/mol. The lowest BCUT2D eigenvalue weighted by Gasteiger charge is -2.24. The summed E-state index contributed by atoms with van der Waals surface area (Å²) in [5.41, 5.74) is 4.65. The number of anilines is 1.